The van der Waals surface area contributed by atoms with E-state index in [1.807, 2.05) is 6.07 Å². The molecule has 0 fully saturated rings. The second-order valence-corrected chi connectivity index (χ2v) is 3.77. The van der Waals surface area contributed by atoms with Gasteiger partial charge in [-0.3, -0.25) is 4.98 Å². The third-order valence-corrected chi connectivity index (χ3v) is 2.71. The van der Waals surface area contributed by atoms with Crippen LogP contribution in [0.1, 0.15) is 20.3 Å². The molecular formula is C12H22N4. The van der Waals surface area contributed by atoms with E-state index in [-0.39, 0.29) is 0 Å². The molecule has 0 spiro atoms. The zero-order chi connectivity index (χ0) is 11.8. The molecule has 4 nitrogen and oxygen atoms in total. The Kier molecular flexibility index (Phi) is 5.64. The molecule has 0 bridgehead atoms. The number of pyridine rings is 1. The normalized spacial score (nSPS) is 10.7. The highest BCUT2D eigenvalue weighted by molar-refractivity contribution is 5.63. The number of nitrogen functional groups attached to an aromatic ring is 1. The van der Waals surface area contributed by atoms with Gasteiger partial charge >= 0.3 is 0 Å². The van der Waals surface area contributed by atoms with Crippen LogP contribution in [0.5, 0.6) is 0 Å². The molecule has 0 saturated carbocycles. The molecule has 0 radical (unpaired) electrons. The Bertz CT molecular complexity index is 297. The van der Waals surface area contributed by atoms with Crippen molar-refractivity contribution >= 4 is 11.4 Å². The van der Waals surface area contributed by atoms with E-state index in [1.165, 1.54) is 0 Å². The Labute approximate surface area is 97.9 Å². The van der Waals surface area contributed by atoms with Gasteiger partial charge in [0, 0.05) is 12.7 Å². The molecule has 0 saturated heterocycles. The molecule has 0 amide bonds. The maximum atomic E-state index is 5.78. The van der Waals surface area contributed by atoms with Crippen molar-refractivity contribution < 1.29 is 0 Å². The van der Waals surface area contributed by atoms with E-state index in [0.717, 1.165) is 38.3 Å². The molecule has 4 heteroatoms. The molecular weight excluding hydrogens is 200 g/mol. The summed E-state index contributed by atoms with van der Waals surface area (Å²) in [4.78, 5) is 6.37. The van der Waals surface area contributed by atoms with Crippen LogP contribution in [0.15, 0.2) is 18.5 Å². The van der Waals surface area contributed by atoms with E-state index >= 15 is 0 Å². The summed E-state index contributed by atoms with van der Waals surface area (Å²) in [6.45, 7) is 8.70. The maximum absolute atomic E-state index is 5.78. The van der Waals surface area contributed by atoms with Gasteiger partial charge in [-0.05, 0) is 32.1 Å². The van der Waals surface area contributed by atoms with Crippen molar-refractivity contribution in [2.24, 2.45) is 0 Å². The van der Waals surface area contributed by atoms with Gasteiger partial charge in [0.25, 0.3) is 0 Å². The first-order chi connectivity index (χ1) is 7.77. The monoisotopic (exact) mass is 222 g/mol. The molecule has 0 unspecified atom stereocenters. The highest BCUT2D eigenvalue weighted by Crippen LogP contribution is 2.14. The molecule has 0 aromatic carbocycles. The number of hydrogen-bond acceptors (Lipinski definition) is 4. The quantitative estimate of drug-likeness (QED) is 0.691. The Morgan fingerprint density at radius 2 is 2.12 bits per heavy atom. The second kappa shape index (κ2) is 7.06. The topological polar surface area (TPSA) is 54.2 Å². The summed E-state index contributed by atoms with van der Waals surface area (Å²) in [7, 11) is 0. The van der Waals surface area contributed by atoms with Gasteiger partial charge in [-0.15, -0.1) is 0 Å². The molecule has 16 heavy (non-hydrogen) atoms. The minimum absolute atomic E-state index is 0.713. The maximum Gasteiger partial charge on any atom is 0.0736 e. The van der Waals surface area contributed by atoms with Crippen molar-refractivity contribution in [3.05, 3.63) is 18.5 Å². The second-order valence-electron chi connectivity index (χ2n) is 3.77. The molecule has 0 aliphatic rings. The minimum Gasteiger partial charge on any atom is -0.396 e. The molecule has 1 rings (SSSR count). The number of hydrogen-bond donors (Lipinski definition) is 2. The van der Waals surface area contributed by atoms with E-state index in [1.54, 1.807) is 12.4 Å². The van der Waals surface area contributed by atoms with Crippen LogP contribution >= 0.6 is 0 Å². The Balaban J connectivity index is 2.23. The zero-order valence-electron chi connectivity index (χ0n) is 10.2. The van der Waals surface area contributed by atoms with Gasteiger partial charge in [0.15, 0.2) is 0 Å². The summed E-state index contributed by atoms with van der Waals surface area (Å²) < 4.78 is 0. The van der Waals surface area contributed by atoms with Gasteiger partial charge in [-0.2, -0.15) is 0 Å². The third-order valence-electron chi connectivity index (χ3n) is 2.71. The van der Waals surface area contributed by atoms with E-state index in [4.69, 9.17) is 5.73 Å². The molecule has 3 N–H and O–H groups in total. The van der Waals surface area contributed by atoms with Crippen LogP contribution in [0.25, 0.3) is 0 Å². The van der Waals surface area contributed by atoms with Gasteiger partial charge < -0.3 is 16.0 Å². The zero-order valence-corrected chi connectivity index (χ0v) is 10.2. The summed E-state index contributed by atoms with van der Waals surface area (Å²) in [5, 5.41) is 3.32. The summed E-state index contributed by atoms with van der Waals surface area (Å²) in [5.41, 5.74) is 7.47. The summed E-state index contributed by atoms with van der Waals surface area (Å²) in [6.07, 6.45) is 4.55. The fourth-order valence-electron chi connectivity index (χ4n) is 1.63. The number of rotatable bonds is 7. The van der Waals surface area contributed by atoms with Crippen molar-refractivity contribution in [3.63, 3.8) is 0 Å². The smallest absolute Gasteiger partial charge is 0.0736 e. The SMILES string of the molecule is CCN(CC)CCCNc1ccncc1N. The lowest BCUT2D eigenvalue weighted by Crippen LogP contribution is -2.25. The number of nitrogens with one attached hydrogen (secondary N) is 1. The van der Waals surface area contributed by atoms with Gasteiger partial charge in [-0.1, -0.05) is 13.8 Å². The number of anilines is 2. The average molecular weight is 222 g/mol. The lowest BCUT2D eigenvalue weighted by atomic mass is 10.3. The van der Waals surface area contributed by atoms with E-state index in [0.29, 0.717) is 5.69 Å². The number of nitrogens with two attached hydrogens (primary N) is 1. The molecule has 1 aromatic heterocycles. The van der Waals surface area contributed by atoms with Crippen molar-refractivity contribution in [3.8, 4) is 0 Å². The van der Waals surface area contributed by atoms with Gasteiger partial charge in [0.2, 0.25) is 0 Å². The van der Waals surface area contributed by atoms with Crippen molar-refractivity contribution in [1.29, 1.82) is 0 Å². The Morgan fingerprint density at radius 1 is 1.38 bits per heavy atom. The van der Waals surface area contributed by atoms with Gasteiger partial charge in [-0.25, -0.2) is 0 Å². The van der Waals surface area contributed by atoms with Crippen LogP contribution in [0.4, 0.5) is 11.4 Å². The molecule has 1 aromatic rings. The predicted octanol–water partition coefficient (Wildman–Crippen LogP) is 1.81. The van der Waals surface area contributed by atoms with Crippen LogP contribution < -0.4 is 11.1 Å². The fraction of sp³-hybridized carbons (Fsp3) is 0.583. The minimum atomic E-state index is 0.713. The summed E-state index contributed by atoms with van der Waals surface area (Å²) in [6, 6.07) is 1.91. The standard InChI is InChI=1S/C12H22N4/c1-3-16(4-2)9-5-7-15-12-6-8-14-10-11(12)13/h6,8,10H,3-5,7,9,13H2,1-2H3,(H,14,15). The van der Waals surface area contributed by atoms with Crippen molar-refractivity contribution in [2.45, 2.75) is 20.3 Å². The first-order valence-corrected chi connectivity index (χ1v) is 5.93. The Hall–Kier alpha value is -1.29. The first-order valence-electron chi connectivity index (χ1n) is 5.93. The highest BCUT2D eigenvalue weighted by Gasteiger charge is 1.99. The lowest BCUT2D eigenvalue weighted by molar-refractivity contribution is 0.303. The average Bonchev–Trinajstić information content (AvgIpc) is 2.31. The lowest BCUT2D eigenvalue weighted by Gasteiger charge is -2.18. The van der Waals surface area contributed by atoms with Crippen LogP contribution in [-0.2, 0) is 0 Å². The van der Waals surface area contributed by atoms with E-state index in [2.05, 4.69) is 29.0 Å². The summed E-state index contributed by atoms with van der Waals surface area (Å²) >= 11 is 0. The number of aromatic nitrogens is 1. The van der Waals surface area contributed by atoms with E-state index < -0.39 is 0 Å². The van der Waals surface area contributed by atoms with Crippen molar-refractivity contribution in [2.75, 3.05) is 37.2 Å². The molecule has 0 atom stereocenters. The predicted molar refractivity (Wildman–Crippen MR) is 69.5 cm³/mol. The Morgan fingerprint density at radius 3 is 2.75 bits per heavy atom. The molecule has 0 aliphatic heterocycles. The molecule has 90 valence electrons. The van der Waals surface area contributed by atoms with Gasteiger partial charge in [0.1, 0.15) is 0 Å². The third kappa shape index (κ3) is 4.06. The van der Waals surface area contributed by atoms with Gasteiger partial charge in [0.05, 0.1) is 17.6 Å². The molecule has 1 heterocycles. The van der Waals surface area contributed by atoms with Crippen LogP contribution in [0, 0.1) is 0 Å². The fourth-order valence-corrected chi connectivity index (χ4v) is 1.63. The van der Waals surface area contributed by atoms with Crippen LogP contribution in [-0.4, -0.2) is 36.1 Å². The highest BCUT2D eigenvalue weighted by atomic mass is 15.1. The number of nitrogens with zero attached hydrogens (tertiary/aromatic N) is 2. The van der Waals surface area contributed by atoms with Crippen LogP contribution in [0.3, 0.4) is 0 Å². The van der Waals surface area contributed by atoms with Crippen molar-refractivity contribution in [1.82, 2.24) is 9.88 Å². The summed E-state index contributed by atoms with van der Waals surface area (Å²) in [5.74, 6) is 0. The van der Waals surface area contributed by atoms with E-state index in [9.17, 15) is 0 Å². The van der Waals surface area contributed by atoms with Crippen LogP contribution in [0.2, 0.25) is 0 Å². The first kappa shape index (κ1) is 12.8. The molecule has 0 aliphatic carbocycles. The largest absolute Gasteiger partial charge is 0.396 e.